The number of tetrazole rings is 1. The molecule has 2 aromatic carbocycles. The molecule has 0 saturated carbocycles. The van der Waals surface area contributed by atoms with Gasteiger partial charge >= 0.3 is 0 Å². The van der Waals surface area contributed by atoms with Crippen LogP contribution in [0.4, 0.5) is 5.95 Å². The van der Waals surface area contributed by atoms with Gasteiger partial charge in [0.1, 0.15) is 0 Å². The number of nitrogens with zero attached hydrogens (tertiary/aromatic N) is 5. The molecular weight excluding hydrogens is 262 g/mol. The fourth-order valence-electron chi connectivity index (χ4n) is 2.19. The number of para-hydroxylation sites is 1. The van der Waals surface area contributed by atoms with Crippen LogP contribution < -0.4 is 4.90 Å². The zero-order valence-electron chi connectivity index (χ0n) is 12.1. The number of hydrogen-bond acceptors (Lipinski definition) is 4. The van der Waals surface area contributed by atoms with E-state index in [2.05, 4.69) is 46.7 Å². The van der Waals surface area contributed by atoms with Gasteiger partial charge in [-0.15, -0.1) is 0 Å². The lowest BCUT2D eigenvalue weighted by molar-refractivity contribution is 0.771. The normalized spacial score (nSPS) is 10.6. The highest BCUT2D eigenvalue weighted by Crippen LogP contribution is 2.16. The van der Waals surface area contributed by atoms with E-state index in [9.17, 15) is 0 Å². The van der Waals surface area contributed by atoms with Gasteiger partial charge in [-0.2, -0.15) is 4.68 Å². The molecule has 3 aromatic rings. The van der Waals surface area contributed by atoms with Crippen molar-refractivity contribution < 1.29 is 0 Å². The van der Waals surface area contributed by atoms with Crippen LogP contribution in [0.3, 0.4) is 0 Å². The second kappa shape index (κ2) is 5.75. The minimum atomic E-state index is 0.724. The van der Waals surface area contributed by atoms with Gasteiger partial charge in [0.2, 0.25) is 5.95 Å². The number of aromatic nitrogens is 4. The van der Waals surface area contributed by atoms with E-state index in [-0.39, 0.29) is 0 Å². The lowest BCUT2D eigenvalue weighted by atomic mass is 10.1. The van der Waals surface area contributed by atoms with Crippen molar-refractivity contribution >= 4 is 5.95 Å². The van der Waals surface area contributed by atoms with E-state index in [1.54, 1.807) is 4.68 Å². The summed E-state index contributed by atoms with van der Waals surface area (Å²) < 4.78 is 1.74. The predicted octanol–water partition coefficient (Wildman–Crippen LogP) is 2.61. The Morgan fingerprint density at radius 1 is 1.00 bits per heavy atom. The first-order chi connectivity index (χ1) is 10.2. The van der Waals surface area contributed by atoms with E-state index in [1.165, 1.54) is 11.1 Å². The standard InChI is InChI=1S/C16H17N5/c1-13-8-10-14(11-9-13)12-20(2)16-17-18-19-21(16)15-6-4-3-5-7-15/h3-11H,12H2,1-2H3. The second-order valence-electron chi connectivity index (χ2n) is 5.07. The van der Waals surface area contributed by atoms with Crippen molar-refractivity contribution in [2.75, 3.05) is 11.9 Å². The maximum absolute atomic E-state index is 4.13. The van der Waals surface area contributed by atoms with E-state index in [0.717, 1.165) is 18.2 Å². The predicted molar refractivity (Wildman–Crippen MR) is 82.4 cm³/mol. The van der Waals surface area contributed by atoms with Gasteiger partial charge in [0.25, 0.3) is 0 Å². The van der Waals surface area contributed by atoms with E-state index in [0.29, 0.717) is 0 Å². The van der Waals surface area contributed by atoms with Crippen molar-refractivity contribution in [3.63, 3.8) is 0 Å². The molecule has 0 aliphatic carbocycles. The molecule has 0 bridgehead atoms. The van der Waals surface area contributed by atoms with E-state index in [1.807, 2.05) is 42.3 Å². The Hall–Kier alpha value is -2.69. The average Bonchev–Trinajstić information content (AvgIpc) is 3.00. The maximum atomic E-state index is 4.13. The van der Waals surface area contributed by atoms with Crippen LogP contribution in [-0.4, -0.2) is 27.3 Å². The van der Waals surface area contributed by atoms with Crippen LogP contribution in [-0.2, 0) is 6.54 Å². The van der Waals surface area contributed by atoms with Crippen molar-refractivity contribution in [3.8, 4) is 5.69 Å². The molecule has 0 atom stereocenters. The molecule has 3 rings (SSSR count). The molecule has 0 spiro atoms. The van der Waals surface area contributed by atoms with Crippen LogP contribution in [0, 0.1) is 6.92 Å². The average molecular weight is 279 g/mol. The summed E-state index contributed by atoms with van der Waals surface area (Å²) in [5.74, 6) is 0.724. The van der Waals surface area contributed by atoms with Crippen LogP contribution in [0.1, 0.15) is 11.1 Å². The first kappa shape index (κ1) is 13.3. The Balaban J connectivity index is 1.84. The monoisotopic (exact) mass is 279 g/mol. The highest BCUT2D eigenvalue weighted by molar-refractivity contribution is 5.40. The molecule has 0 aliphatic rings. The van der Waals surface area contributed by atoms with Gasteiger partial charge in [-0.25, -0.2) is 0 Å². The molecule has 0 N–H and O–H groups in total. The van der Waals surface area contributed by atoms with Gasteiger partial charge in [-0.1, -0.05) is 53.1 Å². The van der Waals surface area contributed by atoms with Gasteiger partial charge in [0, 0.05) is 13.6 Å². The molecule has 1 aromatic heterocycles. The van der Waals surface area contributed by atoms with Crippen LogP contribution in [0.5, 0.6) is 0 Å². The summed E-state index contributed by atoms with van der Waals surface area (Å²) >= 11 is 0. The zero-order chi connectivity index (χ0) is 14.7. The zero-order valence-corrected chi connectivity index (χ0v) is 12.1. The lowest BCUT2D eigenvalue weighted by Crippen LogP contribution is -2.20. The number of benzene rings is 2. The Morgan fingerprint density at radius 2 is 1.71 bits per heavy atom. The van der Waals surface area contributed by atoms with Crippen molar-refractivity contribution in [2.45, 2.75) is 13.5 Å². The lowest BCUT2D eigenvalue weighted by Gasteiger charge is -2.17. The number of rotatable bonds is 4. The summed E-state index contributed by atoms with van der Waals surface area (Å²) in [4.78, 5) is 2.04. The van der Waals surface area contributed by atoms with Crippen LogP contribution in [0.15, 0.2) is 54.6 Å². The summed E-state index contributed by atoms with van der Waals surface area (Å²) in [5, 5.41) is 12.0. The molecule has 0 unspecified atom stereocenters. The summed E-state index contributed by atoms with van der Waals surface area (Å²) in [7, 11) is 1.99. The molecule has 5 heteroatoms. The smallest absolute Gasteiger partial charge is 0.250 e. The number of aryl methyl sites for hydroxylation is 1. The van der Waals surface area contributed by atoms with Gasteiger partial charge in [-0.3, -0.25) is 0 Å². The van der Waals surface area contributed by atoms with E-state index >= 15 is 0 Å². The Morgan fingerprint density at radius 3 is 2.43 bits per heavy atom. The molecule has 1 heterocycles. The van der Waals surface area contributed by atoms with E-state index < -0.39 is 0 Å². The molecule has 0 radical (unpaired) electrons. The van der Waals surface area contributed by atoms with E-state index in [4.69, 9.17) is 0 Å². The highest BCUT2D eigenvalue weighted by atomic mass is 15.6. The number of anilines is 1. The summed E-state index contributed by atoms with van der Waals surface area (Å²) in [6, 6.07) is 18.4. The minimum Gasteiger partial charge on any atom is -0.338 e. The van der Waals surface area contributed by atoms with Crippen LogP contribution >= 0.6 is 0 Å². The quantitative estimate of drug-likeness (QED) is 0.736. The molecule has 0 fully saturated rings. The molecule has 5 nitrogen and oxygen atoms in total. The van der Waals surface area contributed by atoms with Crippen molar-refractivity contribution in [2.24, 2.45) is 0 Å². The van der Waals surface area contributed by atoms with Crippen LogP contribution in [0.25, 0.3) is 5.69 Å². The third-order valence-corrected chi connectivity index (χ3v) is 3.34. The number of hydrogen-bond donors (Lipinski definition) is 0. The van der Waals surface area contributed by atoms with Crippen molar-refractivity contribution in [1.29, 1.82) is 0 Å². The van der Waals surface area contributed by atoms with Gasteiger partial charge < -0.3 is 4.90 Å². The van der Waals surface area contributed by atoms with Gasteiger partial charge in [0.05, 0.1) is 5.69 Å². The molecule has 0 saturated heterocycles. The van der Waals surface area contributed by atoms with Crippen molar-refractivity contribution in [1.82, 2.24) is 20.2 Å². The summed E-state index contributed by atoms with van der Waals surface area (Å²) in [5.41, 5.74) is 3.44. The first-order valence-corrected chi connectivity index (χ1v) is 6.84. The third kappa shape index (κ3) is 2.91. The Bertz CT molecular complexity index is 703. The minimum absolute atomic E-state index is 0.724. The SMILES string of the molecule is Cc1ccc(CN(C)c2nnnn2-c2ccccc2)cc1. The first-order valence-electron chi connectivity index (χ1n) is 6.84. The Kier molecular flexibility index (Phi) is 3.64. The van der Waals surface area contributed by atoms with Gasteiger partial charge in [-0.05, 0) is 35.0 Å². The fourth-order valence-corrected chi connectivity index (χ4v) is 2.19. The molecule has 21 heavy (non-hydrogen) atoms. The molecular formula is C16H17N5. The summed E-state index contributed by atoms with van der Waals surface area (Å²) in [6.07, 6.45) is 0. The summed E-state index contributed by atoms with van der Waals surface area (Å²) in [6.45, 7) is 2.84. The fraction of sp³-hybridized carbons (Fsp3) is 0.188. The van der Waals surface area contributed by atoms with Crippen LogP contribution in [0.2, 0.25) is 0 Å². The third-order valence-electron chi connectivity index (χ3n) is 3.34. The molecule has 0 amide bonds. The second-order valence-corrected chi connectivity index (χ2v) is 5.07. The Labute approximate surface area is 123 Å². The van der Waals surface area contributed by atoms with Gasteiger partial charge in [0.15, 0.2) is 0 Å². The van der Waals surface area contributed by atoms with Crippen molar-refractivity contribution in [3.05, 3.63) is 65.7 Å². The maximum Gasteiger partial charge on any atom is 0.250 e. The molecule has 106 valence electrons. The highest BCUT2D eigenvalue weighted by Gasteiger charge is 2.12. The largest absolute Gasteiger partial charge is 0.338 e. The topological polar surface area (TPSA) is 46.8 Å². The molecule has 0 aliphatic heterocycles.